The highest BCUT2D eigenvalue weighted by atomic mass is 32.2. The first-order valence-corrected chi connectivity index (χ1v) is 7.38. The van der Waals surface area contributed by atoms with Crippen LogP contribution in [0.3, 0.4) is 0 Å². The van der Waals surface area contributed by atoms with Crippen molar-refractivity contribution >= 4 is 23.4 Å². The van der Waals surface area contributed by atoms with Crippen LogP contribution in [0.2, 0.25) is 0 Å². The number of hydrogen-bond acceptors (Lipinski definition) is 2. The van der Waals surface area contributed by atoms with E-state index in [0.29, 0.717) is 11.8 Å². The number of thioether (sulfide) groups is 1. The average molecular weight is 247 g/mol. The monoisotopic (exact) mass is 247 g/mol. The molecule has 1 aromatic rings. The van der Waals surface area contributed by atoms with Gasteiger partial charge in [-0.05, 0) is 37.1 Å². The van der Waals surface area contributed by atoms with Crippen LogP contribution in [0.15, 0.2) is 29.2 Å². The molecule has 2 nitrogen and oxygen atoms in total. The Kier molecular flexibility index (Phi) is 3.10. The Morgan fingerprint density at radius 3 is 2.82 bits per heavy atom. The number of anilines is 1. The fourth-order valence-corrected chi connectivity index (χ4v) is 3.43. The Balaban J connectivity index is 1.90. The molecule has 0 aromatic heterocycles. The molecule has 1 aliphatic heterocycles. The number of carbonyl (C=O) groups excluding carboxylic acids is 1. The van der Waals surface area contributed by atoms with E-state index in [-0.39, 0.29) is 0 Å². The van der Waals surface area contributed by atoms with Crippen molar-refractivity contribution in [2.24, 2.45) is 5.92 Å². The lowest BCUT2D eigenvalue weighted by molar-refractivity contribution is -0.124. The van der Waals surface area contributed by atoms with Gasteiger partial charge >= 0.3 is 0 Å². The van der Waals surface area contributed by atoms with E-state index in [2.05, 4.69) is 18.2 Å². The van der Waals surface area contributed by atoms with E-state index in [4.69, 9.17) is 0 Å². The minimum atomic E-state index is 0.297. The van der Waals surface area contributed by atoms with Crippen LogP contribution in [0.4, 0.5) is 5.69 Å². The number of amides is 1. The van der Waals surface area contributed by atoms with Gasteiger partial charge in [0.2, 0.25) is 5.91 Å². The number of para-hydroxylation sites is 1. The Bertz CT molecular complexity index is 428. The fraction of sp³-hybridized carbons (Fsp3) is 0.500. The lowest BCUT2D eigenvalue weighted by atomic mass is 9.84. The predicted molar refractivity (Wildman–Crippen MR) is 71.5 cm³/mol. The number of rotatable bonds is 1. The Morgan fingerprint density at radius 2 is 2.06 bits per heavy atom. The number of nitrogens with zero attached hydrogens (tertiary/aromatic N) is 1. The van der Waals surface area contributed by atoms with Crippen molar-refractivity contribution in [2.45, 2.75) is 30.6 Å². The Hall–Kier alpha value is -0.960. The highest BCUT2D eigenvalue weighted by Crippen LogP contribution is 2.36. The summed E-state index contributed by atoms with van der Waals surface area (Å²) in [5.74, 6) is 1.77. The number of fused-ring (bicyclic) bond motifs is 1. The molecule has 1 fully saturated rings. The van der Waals surface area contributed by atoms with E-state index in [9.17, 15) is 4.79 Å². The first-order chi connectivity index (χ1) is 8.36. The largest absolute Gasteiger partial charge is 0.311 e. The van der Waals surface area contributed by atoms with Crippen molar-refractivity contribution in [2.75, 3.05) is 17.2 Å². The predicted octanol–water partition coefficient (Wildman–Crippen LogP) is 3.32. The summed E-state index contributed by atoms with van der Waals surface area (Å²) in [5.41, 5.74) is 1.13. The zero-order chi connectivity index (χ0) is 11.7. The highest BCUT2D eigenvalue weighted by molar-refractivity contribution is 7.99. The lowest BCUT2D eigenvalue weighted by Crippen LogP contribution is -2.39. The van der Waals surface area contributed by atoms with Gasteiger partial charge in [0.25, 0.3) is 0 Å². The van der Waals surface area contributed by atoms with E-state index in [1.165, 1.54) is 11.3 Å². The summed E-state index contributed by atoms with van der Waals surface area (Å²) in [6.45, 7) is 0.888. The van der Waals surface area contributed by atoms with Gasteiger partial charge in [0, 0.05) is 17.4 Å². The molecule has 1 aromatic carbocycles. The van der Waals surface area contributed by atoms with Gasteiger partial charge in [-0.15, -0.1) is 11.8 Å². The van der Waals surface area contributed by atoms with Gasteiger partial charge < -0.3 is 4.90 Å². The first kappa shape index (κ1) is 11.1. The molecule has 3 heteroatoms. The van der Waals surface area contributed by atoms with E-state index in [0.717, 1.165) is 37.2 Å². The van der Waals surface area contributed by atoms with Gasteiger partial charge in [0.15, 0.2) is 0 Å². The van der Waals surface area contributed by atoms with E-state index in [1.54, 1.807) is 0 Å². The second-order valence-corrected chi connectivity index (χ2v) is 5.92. The van der Waals surface area contributed by atoms with Crippen LogP contribution in [0, 0.1) is 5.92 Å². The van der Waals surface area contributed by atoms with Gasteiger partial charge in [-0.2, -0.15) is 0 Å². The molecule has 1 amide bonds. The van der Waals surface area contributed by atoms with Crippen molar-refractivity contribution in [3.05, 3.63) is 24.3 Å². The molecule has 2 aliphatic rings. The molecular weight excluding hydrogens is 230 g/mol. The van der Waals surface area contributed by atoms with Crippen LogP contribution in [-0.2, 0) is 4.79 Å². The summed E-state index contributed by atoms with van der Waals surface area (Å²) < 4.78 is 0. The molecule has 0 atom stereocenters. The third-order valence-corrected chi connectivity index (χ3v) is 4.81. The van der Waals surface area contributed by atoms with Crippen molar-refractivity contribution < 1.29 is 4.79 Å². The molecule has 0 radical (unpaired) electrons. The van der Waals surface area contributed by atoms with Gasteiger partial charge in [-0.1, -0.05) is 18.6 Å². The van der Waals surface area contributed by atoms with Gasteiger partial charge in [0.1, 0.15) is 0 Å². The molecular formula is C14H17NOS. The minimum absolute atomic E-state index is 0.297. The molecule has 90 valence electrons. The zero-order valence-electron chi connectivity index (χ0n) is 9.89. The van der Waals surface area contributed by atoms with Crippen molar-refractivity contribution in [1.82, 2.24) is 0 Å². The molecule has 1 aliphatic carbocycles. The fourth-order valence-electron chi connectivity index (χ4n) is 2.43. The van der Waals surface area contributed by atoms with Gasteiger partial charge in [-0.3, -0.25) is 4.79 Å². The Morgan fingerprint density at radius 1 is 1.24 bits per heavy atom. The average Bonchev–Trinajstić information content (AvgIpc) is 2.48. The van der Waals surface area contributed by atoms with Gasteiger partial charge in [0.05, 0.1) is 5.69 Å². The van der Waals surface area contributed by atoms with Crippen LogP contribution in [0.5, 0.6) is 0 Å². The summed E-state index contributed by atoms with van der Waals surface area (Å²) in [4.78, 5) is 15.7. The molecule has 0 bridgehead atoms. The molecule has 0 saturated heterocycles. The first-order valence-electron chi connectivity index (χ1n) is 6.39. The zero-order valence-corrected chi connectivity index (χ0v) is 10.7. The minimum Gasteiger partial charge on any atom is -0.311 e. The molecule has 1 saturated carbocycles. The summed E-state index contributed by atoms with van der Waals surface area (Å²) in [7, 11) is 0. The van der Waals surface area contributed by atoms with Crippen LogP contribution in [-0.4, -0.2) is 18.2 Å². The lowest BCUT2D eigenvalue weighted by Gasteiger charge is -2.31. The smallest absolute Gasteiger partial charge is 0.230 e. The maximum Gasteiger partial charge on any atom is 0.230 e. The Labute approximate surface area is 106 Å². The second-order valence-electron chi connectivity index (χ2n) is 4.79. The summed E-state index contributed by atoms with van der Waals surface area (Å²) >= 11 is 1.87. The van der Waals surface area contributed by atoms with Crippen molar-refractivity contribution in [3.8, 4) is 0 Å². The third-order valence-electron chi connectivity index (χ3n) is 3.66. The summed E-state index contributed by atoms with van der Waals surface area (Å²) in [5, 5.41) is 0. The van der Waals surface area contributed by atoms with E-state index >= 15 is 0 Å². The van der Waals surface area contributed by atoms with Crippen molar-refractivity contribution in [3.63, 3.8) is 0 Å². The number of hydrogen-bond donors (Lipinski definition) is 0. The van der Waals surface area contributed by atoms with E-state index < -0.39 is 0 Å². The maximum atomic E-state index is 12.4. The molecule has 17 heavy (non-hydrogen) atoms. The highest BCUT2D eigenvalue weighted by Gasteiger charge is 2.31. The molecule has 0 spiro atoms. The summed E-state index contributed by atoms with van der Waals surface area (Å²) in [6, 6.07) is 8.31. The summed E-state index contributed by atoms with van der Waals surface area (Å²) in [6.07, 6.45) is 4.49. The molecule has 1 heterocycles. The molecule has 3 rings (SSSR count). The molecule has 0 N–H and O–H groups in total. The number of benzene rings is 1. The quantitative estimate of drug-likeness (QED) is 0.759. The van der Waals surface area contributed by atoms with Crippen molar-refractivity contribution in [1.29, 1.82) is 0 Å². The normalized spacial score (nSPS) is 20.4. The van der Waals surface area contributed by atoms with Gasteiger partial charge in [-0.25, -0.2) is 0 Å². The standard InChI is InChI=1S/C14H17NOS/c16-14(11-5-3-6-11)15-9-4-10-17-13-8-2-1-7-12(13)15/h1-2,7-8,11H,3-6,9-10H2. The van der Waals surface area contributed by atoms with Crippen LogP contribution < -0.4 is 4.90 Å². The molecule has 0 unspecified atom stereocenters. The topological polar surface area (TPSA) is 20.3 Å². The number of carbonyl (C=O) groups is 1. The van der Waals surface area contributed by atoms with Crippen LogP contribution >= 0.6 is 11.8 Å². The maximum absolute atomic E-state index is 12.4. The SMILES string of the molecule is O=C(C1CCC1)N1CCCSc2ccccc21. The second kappa shape index (κ2) is 4.73. The van der Waals surface area contributed by atoms with Crippen LogP contribution in [0.1, 0.15) is 25.7 Å². The van der Waals surface area contributed by atoms with E-state index in [1.807, 2.05) is 22.7 Å². The third kappa shape index (κ3) is 2.08. The van der Waals surface area contributed by atoms with Crippen LogP contribution in [0.25, 0.3) is 0 Å².